The summed E-state index contributed by atoms with van der Waals surface area (Å²) in [7, 11) is -0.856. The zero-order chi connectivity index (χ0) is 49.7. The number of ether oxygens (including phenoxy) is 5. The van der Waals surface area contributed by atoms with Crippen molar-refractivity contribution >= 4 is 78.3 Å². The van der Waals surface area contributed by atoms with E-state index in [0.29, 0.717) is 73.6 Å². The van der Waals surface area contributed by atoms with Gasteiger partial charge in [0.1, 0.15) is 12.2 Å². The molecule has 71 heavy (non-hydrogen) atoms. The van der Waals surface area contributed by atoms with E-state index in [1.54, 1.807) is 40.0 Å². The number of hydrogen-bond donors (Lipinski definition) is 5. The molecule has 6 N–H and O–H groups in total. The normalized spacial score (nSPS) is 21.5. The number of nitrogens with two attached hydrogens (primary N) is 1. The van der Waals surface area contributed by atoms with Crippen molar-refractivity contribution in [2.75, 3.05) is 60.8 Å². The third kappa shape index (κ3) is 15.2. The van der Waals surface area contributed by atoms with E-state index in [9.17, 15) is 22.8 Å². The van der Waals surface area contributed by atoms with Crippen LogP contribution in [-0.4, -0.2) is 121 Å². The number of alkyl carbamates (subject to hydrolysis) is 1. The fraction of sp³-hybridized carbons (Fsp3) is 0.551. The largest absolute Gasteiger partial charge is 0.465 e. The second kappa shape index (κ2) is 25.0. The minimum atomic E-state index is -4.06. The van der Waals surface area contributed by atoms with Crippen LogP contribution in [0, 0.1) is 17.8 Å². The van der Waals surface area contributed by atoms with Gasteiger partial charge in [-0.25, -0.2) is 22.9 Å². The number of nitrogens with one attached hydrogen (secondary N) is 4. The van der Waals surface area contributed by atoms with Gasteiger partial charge in [0.05, 0.1) is 55.6 Å². The Morgan fingerprint density at radius 2 is 1.69 bits per heavy atom. The molecule has 0 spiro atoms. The van der Waals surface area contributed by atoms with E-state index in [0.717, 1.165) is 42.8 Å². The second-order valence-electron chi connectivity index (χ2n) is 18.7. The van der Waals surface area contributed by atoms with Gasteiger partial charge in [0.15, 0.2) is 23.3 Å². The highest BCUT2D eigenvalue weighted by molar-refractivity contribution is 8.76. The van der Waals surface area contributed by atoms with Crippen molar-refractivity contribution in [2.24, 2.45) is 17.8 Å². The standard InChI is InChI=1S/C49H65N9O10S3/c1-31(2)26-51-34-15-18-37(19-16-34)71(62,63)53-27-40(39(25-32-8-4-3-5-9-32)55-49(61)68-41-29-66-47-38(41)20-21-64-47)67-43(60)11-7-23-70-69-22-6-10-42(59)65-28-33-12-17-36(24-33)58-30-52-44-45(54-35-13-14-35)56-48(50)57-46(44)58/h3-5,8-9,12,15-19,30-31,33,35-36,38-41,47,51,53H,6-7,10-11,13-14,20-29H2,1-2H3,(H,55,61)(H3,50,54,56,57)/t33-,36?,38-,39+,40-,41-,47+/m1/s1. The molecule has 8 rings (SSSR count). The summed E-state index contributed by atoms with van der Waals surface area (Å²) in [5.74, 6) is 1.79. The summed E-state index contributed by atoms with van der Waals surface area (Å²) in [5.41, 5.74) is 9.02. The van der Waals surface area contributed by atoms with Crippen LogP contribution in [0.1, 0.15) is 76.8 Å². The lowest BCUT2D eigenvalue weighted by atomic mass is 10.0. The molecule has 22 heteroatoms. The van der Waals surface area contributed by atoms with Gasteiger partial charge in [0.2, 0.25) is 16.0 Å². The predicted molar refractivity (Wildman–Crippen MR) is 273 cm³/mol. The summed E-state index contributed by atoms with van der Waals surface area (Å²) in [6.07, 6.45) is 8.46. The molecular weight excluding hydrogens is 971 g/mol. The fourth-order valence-corrected chi connectivity index (χ4v) is 11.8. The van der Waals surface area contributed by atoms with E-state index in [-0.39, 0.29) is 60.7 Å². The van der Waals surface area contributed by atoms with E-state index >= 15 is 0 Å². The summed E-state index contributed by atoms with van der Waals surface area (Å²) >= 11 is 0. The van der Waals surface area contributed by atoms with Gasteiger partial charge in [-0.1, -0.05) is 77.9 Å². The van der Waals surface area contributed by atoms with Crippen LogP contribution >= 0.6 is 21.6 Å². The van der Waals surface area contributed by atoms with Crippen LogP contribution < -0.4 is 26.4 Å². The zero-order valence-corrected chi connectivity index (χ0v) is 42.6. The van der Waals surface area contributed by atoms with Crippen LogP contribution in [0.25, 0.3) is 11.2 Å². The molecular formula is C49H65N9O10S3. The lowest BCUT2D eigenvalue weighted by molar-refractivity contribution is -0.150. The quantitative estimate of drug-likeness (QED) is 0.0138. The van der Waals surface area contributed by atoms with Gasteiger partial charge in [-0.05, 0) is 80.7 Å². The van der Waals surface area contributed by atoms with Gasteiger partial charge in [-0.3, -0.25) is 9.59 Å². The lowest BCUT2D eigenvalue weighted by Gasteiger charge is -2.29. The topological polar surface area (TPSA) is 249 Å². The molecule has 2 aliphatic heterocycles. The van der Waals surface area contributed by atoms with Crippen LogP contribution in [0.15, 0.2) is 78.0 Å². The van der Waals surface area contributed by atoms with Gasteiger partial charge in [-0.2, -0.15) is 9.97 Å². The SMILES string of the molecule is CC(C)CNc1ccc(S(=O)(=O)NC[C@@H](OC(=O)CCCSSCCCC(=O)OC[C@@H]2C=CC(n3cnc4c(NC5CC5)nc(N)nc43)C2)[C@H](Cc2ccccc2)NC(=O)O[C@@H]2CO[C@@H]3OCC[C@@H]32)cc1. The number of esters is 2. The van der Waals surface area contributed by atoms with E-state index in [4.69, 9.17) is 29.4 Å². The molecule has 1 saturated carbocycles. The first kappa shape index (κ1) is 52.2. The first-order chi connectivity index (χ1) is 34.4. The highest BCUT2D eigenvalue weighted by atomic mass is 33.1. The average Bonchev–Trinajstić information content (AvgIpc) is 3.70. The predicted octanol–water partition coefficient (Wildman–Crippen LogP) is 6.64. The van der Waals surface area contributed by atoms with Crippen molar-refractivity contribution in [3.8, 4) is 0 Å². The van der Waals surface area contributed by atoms with Crippen LogP contribution in [-0.2, 0) is 49.7 Å². The van der Waals surface area contributed by atoms with Gasteiger partial charge >= 0.3 is 18.0 Å². The number of allylic oxidation sites excluding steroid dienone is 1. The molecule has 0 bridgehead atoms. The highest BCUT2D eigenvalue weighted by Crippen LogP contribution is 2.35. The minimum Gasteiger partial charge on any atom is -0.465 e. The summed E-state index contributed by atoms with van der Waals surface area (Å²) < 4.78 is 60.7. The number of amides is 1. The molecule has 1 unspecified atom stereocenters. The molecule has 4 heterocycles. The second-order valence-corrected chi connectivity index (χ2v) is 23.2. The number of anilines is 3. The number of rotatable bonds is 27. The van der Waals surface area contributed by atoms with Crippen LogP contribution in [0.2, 0.25) is 0 Å². The molecule has 4 aliphatic rings. The first-order valence-corrected chi connectivity index (χ1v) is 28.5. The lowest BCUT2D eigenvalue weighted by Crippen LogP contribution is -2.52. The number of imidazole rings is 1. The number of aromatic nitrogens is 4. The molecule has 384 valence electrons. The molecule has 19 nitrogen and oxygen atoms in total. The molecule has 2 aromatic heterocycles. The van der Waals surface area contributed by atoms with Crippen molar-refractivity contribution in [1.29, 1.82) is 0 Å². The maximum absolute atomic E-state index is 13.6. The Kier molecular flexibility index (Phi) is 18.4. The number of nitrogen functional groups attached to an aromatic ring is 1. The van der Waals surface area contributed by atoms with Gasteiger partial charge in [0, 0.05) is 48.5 Å². The summed E-state index contributed by atoms with van der Waals surface area (Å²) in [6, 6.07) is 15.3. The Morgan fingerprint density at radius 1 is 0.930 bits per heavy atom. The molecule has 4 aromatic rings. The minimum absolute atomic E-state index is 0.00798. The van der Waals surface area contributed by atoms with E-state index in [2.05, 4.69) is 61.6 Å². The zero-order valence-electron chi connectivity index (χ0n) is 40.1. The first-order valence-electron chi connectivity index (χ1n) is 24.5. The van der Waals surface area contributed by atoms with Crippen molar-refractivity contribution in [3.63, 3.8) is 0 Å². The fourth-order valence-electron chi connectivity index (χ4n) is 8.58. The number of carbonyl (C=O) groups is 3. The van der Waals surface area contributed by atoms with Crippen molar-refractivity contribution < 1.29 is 46.5 Å². The van der Waals surface area contributed by atoms with Crippen LogP contribution in [0.3, 0.4) is 0 Å². The van der Waals surface area contributed by atoms with Gasteiger partial charge in [-0.15, -0.1) is 0 Å². The number of nitrogens with zero attached hydrogens (tertiary/aromatic N) is 4. The Bertz CT molecular complexity index is 2550. The van der Waals surface area contributed by atoms with Crippen LogP contribution in [0.4, 0.5) is 22.2 Å². The van der Waals surface area contributed by atoms with Crippen molar-refractivity contribution in [3.05, 3.63) is 78.6 Å². The number of benzene rings is 2. The number of carbonyl (C=O) groups excluding carboxylic acids is 3. The average molecular weight is 1040 g/mol. The Hall–Kier alpha value is -5.13. The molecule has 2 aromatic carbocycles. The smallest absolute Gasteiger partial charge is 0.407 e. The summed E-state index contributed by atoms with van der Waals surface area (Å²) in [6.45, 7) is 5.57. The maximum Gasteiger partial charge on any atom is 0.407 e. The molecule has 0 radical (unpaired) electrons. The molecule has 7 atom stereocenters. The number of fused-ring (bicyclic) bond motifs is 2. The van der Waals surface area contributed by atoms with E-state index < -0.39 is 46.6 Å². The molecule has 1 amide bonds. The monoisotopic (exact) mass is 1040 g/mol. The Labute approximate surface area is 422 Å². The summed E-state index contributed by atoms with van der Waals surface area (Å²) in [4.78, 5) is 53.2. The van der Waals surface area contributed by atoms with Crippen molar-refractivity contribution in [1.82, 2.24) is 29.6 Å². The number of hydrogen-bond acceptors (Lipinski definition) is 18. The third-order valence-corrected chi connectivity index (χ3v) is 16.6. The third-order valence-electron chi connectivity index (χ3n) is 12.6. The van der Waals surface area contributed by atoms with Gasteiger partial charge in [0.25, 0.3) is 0 Å². The van der Waals surface area contributed by atoms with Crippen molar-refractivity contribution in [2.45, 2.75) is 113 Å². The molecule has 3 fully saturated rings. The highest BCUT2D eigenvalue weighted by Gasteiger charge is 2.44. The summed E-state index contributed by atoms with van der Waals surface area (Å²) in [5, 5.41) is 9.57. The van der Waals surface area contributed by atoms with Gasteiger partial charge < -0.3 is 49.9 Å². The Balaban J connectivity index is 0.783. The van der Waals surface area contributed by atoms with E-state index in [1.807, 2.05) is 34.9 Å². The Morgan fingerprint density at radius 3 is 2.44 bits per heavy atom. The van der Waals surface area contributed by atoms with Crippen LogP contribution in [0.5, 0.6) is 0 Å². The maximum atomic E-state index is 13.6. The molecule has 2 aliphatic carbocycles. The molecule has 2 saturated heterocycles. The van der Waals surface area contributed by atoms with E-state index in [1.165, 1.54) is 12.1 Å². The number of sulfonamides is 1.